The monoisotopic (exact) mass is 450 g/mol. The average molecular weight is 451 g/mol. The predicted molar refractivity (Wildman–Crippen MR) is 119 cm³/mol. The highest BCUT2D eigenvalue weighted by Gasteiger charge is 2.37. The van der Waals surface area contributed by atoms with Gasteiger partial charge in [0.2, 0.25) is 10.0 Å². The summed E-state index contributed by atoms with van der Waals surface area (Å²) in [6.45, 7) is 5.14. The second-order valence-corrected chi connectivity index (χ2v) is 11.1. The van der Waals surface area contributed by atoms with E-state index in [1.165, 1.54) is 22.9 Å². The second-order valence-electron chi connectivity index (χ2n) is 9.31. The Kier molecular flexibility index (Phi) is 6.60. The maximum absolute atomic E-state index is 13.2. The van der Waals surface area contributed by atoms with Gasteiger partial charge in [-0.05, 0) is 75.5 Å². The van der Waals surface area contributed by atoms with E-state index in [9.17, 15) is 13.2 Å². The van der Waals surface area contributed by atoms with Gasteiger partial charge in [0.25, 0.3) is 5.91 Å². The fourth-order valence-corrected chi connectivity index (χ4v) is 6.23. The zero-order valence-electron chi connectivity index (χ0n) is 18.7. The van der Waals surface area contributed by atoms with Crippen LogP contribution in [0.4, 0.5) is 0 Å². The molecule has 2 fully saturated rings. The largest absolute Gasteiger partial charge is 0.483 e. The van der Waals surface area contributed by atoms with Gasteiger partial charge in [0.05, 0.1) is 25.0 Å². The van der Waals surface area contributed by atoms with E-state index in [0.717, 1.165) is 37.9 Å². The van der Waals surface area contributed by atoms with Crippen molar-refractivity contribution in [3.8, 4) is 5.75 Å². The van der Waals surface area contributed by atoms with Crippen molar-refractivity contribution in [2.45, 2.75) is 76.5 Å². The number of fused-ring (bicyclic) bond motifs is 5. The van der Waals surface area contributed by atoms with Crippen molar-refractivity contribution in [1.29, 1.82) is 0 Å². The summed E-state index contributed by atoms with van der Waals surface area (Å²) in [4.78, 5) is 14.9. The average Bonchev–Trinajstić information content (AvgIpc) is 2.73. The zero-order valence-corrected chi connectivity index (χ0v) is 19.5. The molecule has 1 aromatic carbocycles. The molecule has 3 aliphatic heterocycles. The van der Waals surface area contributed by atoms with Crippen molar-refractivity contribution >= 4 is 15.9 Å². The van der Waals surface area contributed by atoms with E-state index in [1.807, 2.05) is 6.07 Å². The smallest absolute Gasteiger partial charge is 0.260 e. The van der Waals surface area contributed by atoms with Gasteiger partial charge in [0, 0.05) is 18.2 Å². The first-order valence-corrected chi connectivity index (χ1v) is 13.2. The number of hydrogen-bond donors (Lipinski definition) is 1. The van der Waals surface area contributed by atoms with Crippen LogP contribution in [-0.4, -0.2) is 63.4 Å². The van der Waals surface area contributed by atoms with Gasteiger partial charge in [-0.15, -0.1) is 0 Å². The number of ether oxygens (including phenoxy) is 2. The molecule has 1 aliphatic carbocycles. The molecule has 1 saturated heterocycles. The number of piperidine rings is 1. The van der Waals surface area contributed by atoms with Crippen LogP contribution in [0.25, 0.3) is 0 Å². The first kappa shape index (κ1) is 22.6. The van der Waals surface area contributed by atoms with E-state index in [0.29, 0.717) is 25.5 Å². The van der Waals surface area contributed by atoms with E-state index in [1.54, 1.807) is 4.90 Å². The number of nitrogens with zero attached hydrogens (tertiary/aromatic N) is 1. The number of sulfonamides is 1. The Bertz CT molecular complexity index is 924. The van der Waals surface area contributed by atoms with Crippen molar-refractivity contribution in [3.05, 3.63) is 28.8 Å². The Hall–Kier alpha value is -1.64. The van der Waals surface area contributed by atoms with Crippen LogP contribution >= 0.6 is 0 Å². The molecule has 0 spiro atoms. The number of carbonyl (C=O) groups is 1. The summed E-state index contributed by atoms with van der Waals surface area (Å²) < 4.78 is 39.0. The zero-order chi connectivity index (χ0) is 22.2. The molecule has 0 aromatic heterocycles. The summed E-state index contributed by atoms with van der Waals surface area (Å²) in [6.07, 6.45) is 6.72. The van der Waals surface area contributed by atoms with Crippen LogP contribution in [0.5, 0.6) is 5.75 Å². The quantitative estimate of drug-likeness (QED) is 0.749. The van der Waals surface area contributed by atoms with Crippen LogP contribution in [0.15, 0.2) is 12.1 Å². The van der Waals surface area contributed by atoms with Crippen molar-refractivity contribution in [1.82, 2.24) is 9.62 Å². The molecule has 0 radical (unpaired) electrons. The summed E-state index contributed by atoms with van der Waals surface area (Å²) >= 11 is 0. The molecular formula is C23H34N2O5S. The van der Waals surface area contributed by atoms with Gasteiger partial charge in [-0.2, -0.15) is 0 Å². The van der Waals surface area contributed by atoms with Gasteiger partial charge in [-0.3, -0.25) is 4.79 Å². The minimum Gasteiger partial charge on any atom is -0.483 e. The topological polar surface area (TPSA) is 84.9 Å². The minimum absolute atomic E-state index is 0.0479. The molecule has 1 saturated carbocycles. The van der Waals surface area contributed by atoms with Gasteiger partial charge in [-0.25, -0.2) is 13.1 Å². The van der Waals surface area contributed by atoms with E-state index in [-0.39, 0.29) is 30.7 Å². The standard InChI is InChI=1S/C23H34N2O5S/c1-15-6-11-21-23(16(15)2)17-7-9-18(10-8-17)29-13-20-19(24-31(3,27)28)5-4-12-25(20)22(26)14-30-21/h6,11,17-20,24H,4-5,7-10,12-14H2,1-3H3/t17?,18?,19?,20-/m0/s1. The Balaban J connectivity index is 1.65. The number of carbonyl (C=O) groups excluding carboxylic acids is 1. The third-order valence-corrected chi connectivity index (χ3v) is 7.88. The second kappa shape index (κ2) is 9.08. The summed E-state index contributed by atoms with van der Waals surface area (Å²) in [5.74, 6) is 1.09. The van der Waals surface area contributed by atoms with Crippen molar-refractivity contribution in [2.75, 3.05) is 26.0 Å². The van der Waals surface area contributed by atoms with Gasteiger partial charge in [0.15, 0.2) is 6.61 Å². The Morgan fingerprint density at radius 1 is 1.10 bits per heavy atom. The molecule has 3 heterocycles. The van der Waals surface area contributed by atoms with Crippen LogP contribution in [0.1, 0.15) is 61.1 Å². The first-order chi connectivity index (χ1) is 14.7. The highest BCUT2D eigenvalue weighted by Crippen LogP contribution is 2.41. The van der Waals surface area contributed by atoms with E-state index in [4.69, 9.17) is 9.47 Å². The molecule has 7 nitrogen and oxygen atoms in total. The van der Waals surface area contributed by atoms with Gasteiger partial charge in [0.1, 0.15) is 5.75 Å². The Labute approximate surface area is 185 Å². The van der Waals surface area contributed by atoms with Gasteiger partial charge < -0.3 is 14.4 Å². The van der Waals surface area contributed by atoms with Crippen LogP contribution in [0, 0.1) is 13.8 Å². The van der Waals surface area contributed by atoms with Crippen LogP contribution in [0.2, 0.25) is 0 Å². The molecule has 4 aliphatic rings. The fraction of sp³-hybridized carbons (Fsp3) is 0.696. The lowest BCUT2D eigenvalue weighted by atomic mass is 9.80. The third-order valence-electron chi connectivity index (χ3n) is 7.15. The third kappa shape index (κ3) is 5.07. The summed E-state index contributed by atoms with van der Waals surface area (Å²) in [7, 11) is -3.38. The van der Waals surface area contributed by atoms with Crippen molar-refractivity contribution in [2.24, 2.45) is 0 Å². The van der Waals surface area contributed by atoms with E-state index >= 15 is 0 Å². The first-order valence-electron chi connectivity index (χ1n) is 11.3. The Morgan fingerprint density at radius 3 is 2.55 bits per heavy atom. The molecule has 5 rings (SSSR count). The highest BCUT2D eigenvalue weighted by atomic mass is 32.2. The summed E-state index contributed by atoms with van der Waals surface area (Å²) in [5.41, 5.74) is 3.72. The maximum Gasteiger partial charge on any atom is 0.260 e. The molecule has 1 N–H and O–H groups in total. The lowest BCUT2D eigenvalue weighted by molar-refractivity contribution is -0.140. The van der Waals surface area contributed by atoms with E-state index < -0.39 is 10.0 Å². The summed E-state index contributed by atoms with van der Waals surface area (Å²) in [6, 6.07) is 3.39. The van der Waals surface area contributed by atoms with Crippen molar-refractivity contribution in [3.63, 3.8) is 0 Å². The molecule has 31 heavy (non-hydrogen) atoms. The molecule has 172 valence electrons. The number of nitrogens with one attached hydrogen (secondary N) is 1. The fourth-order valence-electron chi connectivity index (χ4n) is 5.41. The number of hydrogen-bond acceptors (Lipinski definition) is 5. The maximum atomic E-state index is 13.2. The van der Waals surface area contributed by atoms with Gasteiger partial charge in [-0.1, -0.05) is 6.07 Å². The minimum atomic E-state index is -3.38. The Morgan fingerprint density at radius 2 is 1.84 bits per heavy atom. The SMILES string of the molecule is Cc1ccc2c(c1C)C1CCC(CC1)OC[C@H]1C(NS(C)(=O)=O)CCCN1C(=O)CO2. The normalized spacial score (nSPS) is 29.8. The summed E-state index contributed by atoms with van der Waals surface area (Å²) in [5, 5.41) is 0. The molecular weight excluding hydrogens is 416 g/mol. The van der Waals surface area contributed by atoms with Crippen LogP contribution in [0.3, 0.4) is 0 Å². The number of rotatable bonds is 2. The molecule has 8 heteroatoms. The molecule has 1 aromatic rings. The lowest BCUT2D eigenvalue weighted by Gasteiger charge is -2.41. The molecule has 2 bridgehead atoms. The van der Waals surface area contributed by atoms with Crippen LogP contribution in [-0.2, 0) is 19.6 Å². The van der Waals surface area contributed by atoms with Crippen molar-refractivity contribution < 1.29 is 22.7 Å². The predicted octanol–water partition coefficient (Wildman–Crippen LogP) is 2.65. The molecule has 2 atom stereocenters. The van der Waals surface area contributed by atoms with E-state index in [2.05, 4.69) is 24.6 Å². The van der Waals surface area contributed by atoms with Gasteiger partial charge >= 0.3 is 0 Å². The van der Waals surface area contributed by atoms with Crippen LogP contribution < -0.4 is 9.46 Å². The highest BCUT2D eigenvalue weighted by molar-refractivity contribution is 7.88. The number of benzene rings is 1. The number of aryl methyl sites for hydroxylation is 1. The molecule has 1 amide bonds. The lowest BCUT2D eigenvalue weighted by Crippen LogP contribution is -2.59. The molecule has 1 unspecified atom stereocenters. The number of amides is 1.